The summed E-state index contributed by atoms with van der Waals surface area (Å²) in [6.07, 6.45) is 7.00. The molecule has 0 amide bonds. The van der Waals surface area contributed by atoms with Crippen molar-refractivity contribution in [3.63, 3.8) is 0 Å². The number of fused-ring (bicyclic) bond motifs is 3. The smallest absolute Gasteiger partial charge is 0.0543 e. The predicted molar refractivity (Wildman–Crippen MR) is 252 cm³/mol. The number of para-hydroxylation sites is 3. The molecule has 9 aromatic carbocycles. The van der Waals surface area contributed by atoms with Crippen molar-refractivity contribution < 1.29 is 0 Å². The van der Waals surface area contributed by atoms with Gasteiger partial charge in [0.25, 0.3) is 0 Å². The van der Waals surface area contributed by atoms with Crippen LogP contribution < -0.4 is 9.80 Å². The van der Waals surface area contributed by atoms with Gasteiger partial charge in [0, 0.05) is 33.1 Å². The molecule has 4 saturated carbocycles. The first-order valence-electron chi connectivity index (χ1n) is 22.3. The molecule has 0 atom stereocenters. The summed E-state index contributed by atoms with van der Waals surface area (Å²) in [6.45, 7) is 4.48. The molecule has 4 bridgehead atoms. The SMILES string of the molecule is Cc1cccc(C)c1N(c1ccccc1)c1ccc2ccc3c(N(c4ccccc4)c4cccc5c4-c4ccccc4C54C5CC6CC(C5)CC4C6)ccc4ccc1c2c43. The van der Waals surface area contributed by atoms with Crippen LogP contribution in [0.2, 0.25) is 0 Å². The van der Waals surface area contributed by atoms with E-state index < -0.39 is 0 Å². The second-order valence-electron chi connectivity index (χ2n) is 18.6. The van der Waals surface area contributed by atoms with Gasteiger partial charge in [-0.1, -0.05) is 127 Å². The quantitative estimate of drug-likeness (QED) is 0.155. The number of aryl methyl sites for hydroxylation is 2. The number of anilines is 6. The van der Waals surface area contributed by atoms with Gasteiger partial charge in [-0.05, 0) is 161 Å². The van der Waals surface area contributed by atoms with E-state index in [9.17, 15) is 0 Å². The Bertz CT molecular complexity index is 3100. The van der Waals surface area contributed by atoms with Crippen LogP contribution in [-0.4, -0.2) is 0 Å². The molecule has 0 N–H and O–H groups in total. The van der Waals surface area contributed by atoms with Gasteiger partial charge >= 0.3 is 0 Å². The second kappa shape index (κ2) is 12.8. The van der Waals surface area contributed by atoms with Gasteiger partial charge in [-0.15, -0.1) is 0 Å². The van der Waals surface area contributed by atoms with Crippen LogP contribution in [0, 0.1) is 37.5 Å². The zero-order chi connectivity index (χ0) is 39.7. The lowest BCUT2D eigenvalue weighted by Gasteiger charge is -2.61. The Morgan fingerprint density at radius 1 is 0.417 bits per heavy atom. The van der Waals surface area contributed by atoms with Crippen molar-refractivity contribution in [2.45, 2.75) is 51.4 Å². The van der Waals surface area contributed by atoms with E-state index >= 15 is 0 Å². The van der Waals surface area contributed by atoms with Gasteiger partial charge in [0.1, 0.15) is 0 Å². The third kappa shape index (κ3) is 4.65. The van der Waals surface area contributed by atoms with Gasteiger partial charge in [0.2, 0.25) is 0 Å². The molecule has 5 aliphatic rings. The van der Waals surface area contributed by atoms with Crippen molar-refractivity contribution in [2.75, 3.05) is 9.80 Å². The Morgan fingerprint density at radius 3 is 1.53 bits per heavy atom. The van der Waals surface area contributed by atoms with Gasteiger partial charge in [0.15, 0.2) is 0 Å². The minimum absolute atomic E-state index is 0.108. The van der Waals surface area contributed by atoms with E-state index in [1.54, 1.807) is 11.1 Å². The van der Waals surface area contributed by atoms with E-state index in [-0.39, 0.29) is 5.41 Å². The molecule has 0 aliphatic heterocycles. The summed E-state index contributed by atoms with van der Waals surface area (Å²) in [7, 11) is 0. The zero-order valence-electron chi connectivity index (χ0n) is 34.4. The van der Waals surface area contributed by atoms with E-state index in [4.69, 9.17) is 0 Å². The van der Waals surface area contributed by atoms with Crippen LogP contribution in [0.4, 0.5) is 34.1 Å². The van der Waals surface area contributed by atoms with Crippen LogP contribution in [0.5, 0.6) is 0 Å². The fourth-order valence-corrected chi connectivity index (χ4v) is 13.6. The molecule has 290 valence electrons. The minimum Gasteiger partial charge on any atom is -0.309 e. The van der Waals surface area contributed by atoms with Crippen LogP contribution >= 0.6 is 0 Å². The Labute approximate surface area is 353 Å². The molecule has 0 heterocycles. The average molecular weight is 773 g/mol. The third-order valence-corrected chi connectivity index (χ3v) is 15.6. The van der Waals surface area contributed by atoms with Gasteiger partial charge in [0.05, 0.1) is 22.7 Å². The summed E-state index contributed by atoms with van der Waals surface area (Å²) in [5.74, 6) is 3.27. The van der Waals surface area contributed by atoms with E-state index in [2.05, 4.69) is 194 Å². The van der Waals surface area contributed by atoms with Crippen molar-refractivity contribution in [1.29, 1.82) is 0 Å². The van der Waals surface area contributed by atoms with Gasteiger partial charge in [-0.25, -0.2) is 0 Å². The number of rotatable bonds is 6. The minimum atomic E-state index is 0.108. The first kappa shape index (κ1) is 34.5. The number of hydrogen-bond donors (Lipinski definition) is 0. The van der Waals surface area contributed by atoms with Crippen LogP contribution in [-0.2, 0) is 5.41 Å². The van der Waals surface area contributed by atoms with Crippen molar-refractivity contribution >= 4 is 66.4 Å². The van der Waals surface area contributed by atoms with Crippen LogP contribution in [0.25, 0.3) is 43.4 Å². The third-order valence-electron chi connectivity index (χ3n) is 15.6. The fourth-order valence-electron chi connectivity index (χ4n) is 13.6. The topological polar surface area (TPSA) is 6.48 Å². The summed E-state index contributed by atoms with van der Waals surface area (Å²) in [5.41, 5.74) is 16.0. The highest BCUT2D eigenvalue weighted by Crippen LogP contribution is 2.70. The summed E-state index contributed by atoms with van der Waals surface area (Å²) >= 11 is 0. The fraction of sp³-hybridized carbons (Fsp3) is 0.207. The highest BCUT2D eigenvalue weighted by Gasteiger charge is 2.61. The van der Waals surface area contributed by atoms with Crippen molar-refractivity contribution in [3.8, 4) is 11.1 Å². The molecule has 0 saturated heterocycles. The van der Waals surface area contributed by atoms with Gasteiger partial charge in [-0.2, -0.15) is 0 Å². The average Bonchev–Trinajstić information content (AvgIpc) is 3.58. The molecule has 2 nitrogen and oxygen atoms in total. The zero-order valence-corrected chi connectivity index (χ0v) is 34.4. The molecule has 14 rings (SSSR count). The second-order valence-corrected chi connectivity index (χ2v) is 18.6. The number of benzene rings is 9. The molecular weight excluding hydrogens is 725 g/mol. The van der Waals surface area contributed by atoms with Gasteiger partial charge in [-0.3, -0.25) is 0 Å². The first-order chi connectivity index (χ1) is 29.6. The van der Waals surface area contributed by atoms with E-state index in [1.807, 2.05) is 0 Å². The van der Waals surface area contributed by atoms with E-state index in [0.717, 1.165) is 29.4 Å². The molecule has 9 aromatic rings. The summed E-state index contributed by atoms with van der Waals surface area (Å²) in [5, 5.41) is 7.72. The summed E-state index contributed by atoms with van der Waals surface area (Å²) < 4.78 is 0. The normalized spacial score (nSPS) is 22.2. The van der Waals surface area contributed by atoms with E-state index in [0.29, 0.717) is 0 Å². The molecule has 0 unspecified atom stereocenters. The molecular formula is C58H48N2. The molecule has 4 fully saturated rings. The molecule has 0 aromatic heterocycles. The standard InChI is InChI=1S/C58H48N2/c1-36-13-11-14-37(2)57(36)60(45-17-7-4-8-18-45)52-30-26-41-23-27-47-51(29-25-40-24-28-48(52)55(41)54(40)47)59(44-15-5-3-6-16-44)53-22-12-21-50-56(53)46-19-9-10-20-49(46)58(50)42-32-38-31-39(34-42)35-43(58)33-38/h3-30,38-39,42-43H,31-35H2,1-2H3. The Hall–Kier alpha value is -6.38. The van der Waals surface area contributed by atoms with Crippen LogP contribution in [0.3, 0.4) is 0 Å². The van der Waals surface area contributed by atoms with Crippen molar-refractivity contribution in [1.82, 2.24) is 0 Å². The summed E-state index contributed by atoms with van der Waals surface area (Å²) in [4.78, 5) is 5.09. The maximum Gasteiger partial charge on any atom is 0.0543 e. The molecule has 60 heavy (non-hydrogen) atoms. The highest BCUT2D eigenvalue weighted by molar-refractivity contribution is 6.28. The molecule has 2 heteroatoms. The van der Waals surface area contributed by atoms with Crippen LogP contribution in [0.1, 0.15) is 54.4 Å². The molecule has 5 aliphatic carbocycles. The number of hydrogen-bond acceptors (Lipinski definition) is 2. The summed E-state index contributed by atoms with van der Waals surface area (Å²) in [6, 6.07) is 64.5. The Balaban J connectivity index is 1.06. The monoisotopic (exact) mass is 772 g/mol. The first-order valence-corrected chi connectivity index (χ1v) is 22.3. The largest absolute Gasteiger partial charge is 0.309 e. The predicted octanol–water partition coefficient (Wildman–Crippen LogP) is 15.9. The number of nitrogens with zero attached hydrogens (tertiary/aromatic N) is 2. The van der Waals surface area contributed by atoms with Crippen LogP contribution in [0.15, 0.2) is 170 Å². The Morgan fingerprint density at radius 2 is 0.917 bits per heavy atom. The maximum absolute atomic E-state index is 2.60. The highest BCUT2D eigenvalue weighted by atomic mass is 15.2. The lowest BCUT2D eigenvalue weighted by atomic mass is 9.43. The lowest BCUT2D eigenvalue weighted by Crippen LogP contribution is -2.55. The molecule has 0 radical (unpaired) electrons. The van der Waals surface area contributed by atoms with Gasteiger partial charge < -0.3 is 9.80 Å². The van der Waals surface area contributed by atoms with E-state index in [1.165, 1.54) is 115 Å². The van der Waals surface area contributed by atoms with Crippen molar-refractivity contribution in [3.05, 3.63) is 192 Å². The maximum atomic E-state index is 2.60. The lowest BCUT2D eigenvalue weighted by molar-refractivity contribution is -0.0399. The Kier molecular flexibility index (Phi) is 7.36. The van der Waals surface area contributed by atoms with Crippen molar-refractivity contribution in [2.24, 2.45) is 23.7 Å². The molecule has 1 spiro atoms.